The minimum absolute atomic E-state index is 0.0379. The average molecular weight is 296 g/mol. The first-order valence-corrected chi connectivity index (χ1v) is 6.63. The summed E-state index contributed by atoms with van der Waals surface area (Å²) in [6.07, 6.45) is 3.10. The van der Waals surface area contributed by atoms with Crippen LogP contribution >= 0.6 is 0 Å². The highest BCUT2D eigenvalue weighted by molar-refractivity contribution is 6.19. The number of ketones is 1. The van der Waals surface area contributed by atoms with Gasteiger partial charge in [-0.3, -0.25) is 20.2 Å². The predicted octanol–water partition coefficient (Wildman–Crippen LogP) is 3.24. The van der Waals surface area contributed by atoms with Crippen LogP contribution in [0.2, 0.25) is 0 Å². The van der Waals surface area contributed by atoms with Crippen molar-refractivity contribution in [2.75, 3.05) is 12.3 Å². The number of nitrogens with zero attached hydrogens (tertiary/aromatic N) is 2. The van der Waals surface area contributed by atoms with Gasteiger partial charge in [0.1, 0.15) is 0 Å². The molecule has 112 valence electrons. The Bertz CT molecular complexity index is 690. The molecule has 0 radical (unpaired) electrons. The van der Waals surface area contributed by atoms with Crippen molar-refractivity contribution in [1.82, 2.24) is 0 Å². The SMILES string of the molecule is C/N=C/C(=C\C(=O)c1ccccc1)c1ccc(N(O)O)cc1. The van der Waals surface area contributed by atoms with E-state index in [4.69, 9.17) is 10.4 Å². The summed E-state index contributed by atoms with van der Waals surface area (Å²) in [5.74, 6) is -0.120. The van der Waals surface area contributed by atoms with E-state index < -0.39 is 0 Å². The van der Waals surface area contributed by atoms with Crippen LogP contribution in [0.1, 0.15) is 15.9 Å². The summed E-state index contributed by atoms with van der Waals surface area (Å²) < 4.78 is 0. The minimum atomic E-state index is -0.120. The minimum Gasteiger partial charge on any atom is -0.296 e. The smallest absolute Gasteiger partial charge is 0.186 e. The molecule has 5 heteroatoms. The Morgan fingerprint density at radius 3 is 2.18 bits per heavy atom. The Hall–Kier alpha value is -2.76. The molecule has 2 N–H and O–H groups in total. The molecule has 2 aromatic rings. The van der Waals surface area contributed by atoms with Crippen LogP contribution < -0.4 is 5.23 Å². The molecule has 2 rings (SSSR count). The number of rotatable bonds is 5. The summed E-state index contributed by atoms with van der Waals surface area (Å²) in [6, 6.07) is 15.4. The lowest BCUT2D eigenvalue weighted by atomic mass is 10.0. The fourth-order valence-corrected chi connectivity index (χ4v) is 1.95. The van der Waals surface area contributed by atoms with Gasteiger partial charge in [0, 0.05) is 24.4 Å². The molecular weight excluding hydrogens is 280 g/mol. The van der Waals surface area contributed by atoms with E-state index in [-0.39, 0.29) is 16.7 Å². The van der Waals surface area contributed by atoms with Gasteiger partial charge in [-0.15, -0.1) is 5.23 Å². The normalized spacial score (nSPS) is 11.7. The number of hydrogen-bond donors (Lipinski definition) is 2. The molecule has 0 saturated carbocycles. The van der Waals surface area contributed by atoms with E-state index in [0.717, 1.165) is 5.56 Å². The van der Waals surface area contributed by atoms with E-state index in [0.29, 0.717) is 11.1 Å². The van der Waals surface area contributed by atoms with Gasteiger partial charge in [0.15, 0.2) is 5.78 Å². The number of aliphatic imine (C=N–C) groups is 1. The molecule has 0 aliphatic carbocycles. The lowest BCUT2D eigenvalue weighted by Gasteiger charge is -2.09. The van der Waals surface area contributed by atoms with Gasteiger partial charge in [0.25, 0.3) is 0 Å². The summed E-state index contributed by atoms with van der Waals surface area (Å²) in [5.41, 5.74) is 2.22. The Labute approximate surface area is 128 Å². The first kappa shape index (κ1) is 15.6. The summed E-state index contributed by atoms with van der Waals surface area (Å²) >= 11 is 0. The molecule has 5 nitrogen and oxygen atoms in total. The van der Waals surface area contributed by atoms with Crippen molar-refractivity contribution in [3.63, 3.8) is 0 Å². The van der Waals surface area contributed by atoms with Crippen molar-refractivity contribution < 1.29 is 15.2 Å². The third-order valence-corrected chi connectivity index (χ3v) is 3.04. The third-order valence-electron chi connectivity index (χ3n) is 3.04. The van der Waals surface area contributed by atoms with E-state index in [1.54, 1.807) is 49.7 Å². The van der Waals surface area contributed by atoms with E-state index in [1.807, 2.05) is 6.07 Å². The Balaban J connectivity index is 2.33. The van der Waals surface area contributed by atoms with Crippen molar-refractivity contribution in [3.8, 4) is 0 Å². The van der Waals surface area contributed by atoms with Crippen LogP contribution in [0.5, 0.6) is 0 Å². The van der Waals surface area contributed by atoms with Gasteiger partial charge in [-0.1, -0.05) is 42.5 Å². The molecule has 0 aliphatic rings. The second-order valence-electron chi connectivity index (χ2n) is 4.55. The van der Waals surface area contributed by atoms with Crippen LogP contribution in [0.4, 0.5) is 5.69 Å². The highest BCUT2D eigenvalue weighted by atomic mass is 16.8. The van der Waals surface area contributed by atoms with Crippen LogP contribution in [0.3, 0.4) is 0 Å². The van der Waals surface area contributed by atoms with Gasteiger partial charge in [0.05, 0.1) is 5.69 Å². The van der Waals surface area contributed by atoms with Crippen LogP contribution in [-0.4, -0.2) is 29.5 Å². The molecule has 0 fully saturated rings. The molecule has 22 heavy (non-hydrogen) atoms. The van der Waals surface area contributed by atoms with Crippen LogP contribution in [-0.2, 0) is 0 Å². The molecule has 0 bridgehead atoms. The summed E-state index contributed by atoms with van der Waals surface area (Å²) in [5, 5.41) is 17.9. The van der Waals surface area contributed by atoms with E-state index in [2.05, 4.69) is 4.99 Å². The zero-order chi connectivity index (χ0) is 15.9. The van der Waals surface area contributed by atoms with Crippen molar-refractivity contribution in [1.29, 1.82) is 0 Å². The van der Waals surface area contributed by atoms with Crippen LogP contribution in [0.25, 0.3) is 5.57 Å². The number of benzene rings is 2. The number of carbonyl (C=O) groups excluding carboxylic acids is 1. The van der Waals surface area contributed by atoms with Crippen molar-refractivity contribution in [2.45, 2.75) is 0 Å². The van der Waals surface area contributed by atoms with E-state index >= 15 is 0 Å². The molecule has 0 atom stereocenters. The largest absolute Gasteiger partial charge is 0.296 e. The Morgan fingerprint density at radius 1 is 1.00 bits per heavy atom. The van der Waals surface area contributed by atoms with Gasteiger partial charge < -0.3 is 0 Å². The van der Waals surface area contributed by atoms with E-state index in [1.165, 1.54) is 18.2 Å². The molecule has 0 unspecified atom stereocenters. The predicted molar refractivity (Wildman–Crippen MR) is 85.7 cm³/mol. The quantitative estimate of drug-likeness (QED) is 0.384. The zero-order valence-corrected chi connectivity index (χ0v) is 12.0. The molecule has 0 spiro atoms. The zero-order valence-electron chi connectivity index (χ0n) is 12.0. The molecule has 2 aromatic carbocycles. The maximum atomic E-state index is 12.3. The fraction of sp³-hybridized carbons (Fsp3) is 0.0588. The van der Waals surface area contributed by atoms with Gasteiger partial charge in [-0.2, -0.15) is 0 Å². The van der Waals surface area contributed by atoms with Crippen LogP contribution in [0, 0.1) is 0 Å². The first-order chi connectivity index (χ1) is 10.6. The molecule has 0 amide bonds. The van der Waals surface area contributed by atoms with Crippen LogP contribution in [0.15, 0.2) is 65.7 Å². The highest BCUT2D eigenvalue weighted by Crippen LogP contribution is 2.18. The van der Waals surface area contributed by atoms with E-state index in [9.17, 15) is 4.79 Å². The maximum Gasteiger partial charge on any atom is 0.186 e. The number of hydrogen-bond acceptors (Lipinski definition) is 5. The fourth-order valence-electron chi connectivity index (χ4n) is 1.95. The highest BCUT2D eigenvalue weighted by Gasteiger charge is 2.06. The summed E-state index contributed by atoms with van der Waals surface area (Å²) in [6.45, 7) is 0. The topological polar surface area (TPSA) is 73.1 Å². The number of carbonyl (C=O) groups is 1. The second kappa shape index (κ2) is 7.31. The third kappa shape index (κ3) is 3.88. The molecule has 0 aliphatic heterocycles. The van der Waals surface area contributed by atoms with Gasteiger partial charge in [0.2, 0.25) is 0 Å². The van der Waals surface area contributed by atoms with Gasteiger partial charge >= 0.3 is 0 Å². The first-order valence-electron chi connectivity index (χ1n) is 6.63. The maximum absolute atomic E-state index is 12.3. The molecule has 0 heterocycles. The van der Waals surface area contributed by atoms with Crippen molar-refractivity contribution in [3.05, 3.63) is 71.8 Å². The monoisotopic (exact) mass is 296 g/mol. The summed E-state index contributed by atoms with van der Waals surface area (Å²) in [4.78, 5) is 16.2. The standard InChI is InChI=1S/C17H16N2O3/c1-18-12-15(11-17(20)14-5-3-2-4-6-14)13-7-9-16(10-8-13)19(21)22/h2-12,21-22H,1H3/b15-11+,18-12+. The van der Waals surface area contributed by atoms with Gasteiger partial charge in [-0.25, -0.2) is 0 Å². The number of allylic oxidation sites excluding steroid dienone is 2. The lowest BCUT2D eigenvalue weighted by Crippen LogP contribution is -2.10. The van der Waals surface area contributed by atoms with Crippen molar-refractivity contribution in [2.24, 2.45) is 4.99 Å². The summed E-state index contributed by atoms with van der Waals surface area (Å²) in [7, 11) is 1.62. The second-order valence-corrected chi connectivity index (χ2v) is 4.55. The molecular formula is C17H16N2O3. The molecule has 0 saturated heterocycles. The van der Waals surface area contributed by atoms with Crippen molar-refractivity contribution >= 4 is 23.3 Å². The average Bonchev–Trinajstić information content (AvgIpc) is 2.55. The molecule has 0 aromatic heterocycles. The lowest BCUT2D eigenvalue weighted by molar-refractivity contribution is 0.0291. The number of anilines is 1. The Morgan fingerprint density at radius 2 is 1.64 bits per heavy atom. The van der Waals surface area contributed by atoms with Gasteiger partial charge in [-0.05, 0) is 23.8 Å². The Kier molecular flexibility index (Phi) is 5.19.